The lowest BCUT2D eigenvalue weighted by Gasteiger charge is -2.19. The van der Waals surface area contributed by atoms with Crippen molar-refractivity contribution in [2.24, 2.45) is 0 Å². The molecule has 2 heterocycles. The molecular formula is C21H22N4O2. The molecule has 0 unspecified atom stereocenters. The van der Waals surface area contributed by atoms with Crippen LogP contribution in [0.15, 0.2) is 48.5 Å². The quantitative estimate of drug-likeness (QED) is 0.708. The fraction of sp³-hybridized carbons (Fsp3) is 0.238. The van der Waals surface area contributed by atoms with Crippen LogP contribution < -0.4 is 20.1 Å². The molecule has 0 radical (unpaired) electrons. The number of fused-ring (bicyclic) bond motifs is 1. The van der Waals surface area contributed by atoms with E-state index in [2.05, 4.69) is 39.7 Å². The zero-order valence-electron chi connectivity index (χ0n) is 15.5. The van der Waals surface area contributed by atoms with Gasteiger partial charge in [0.25, 0.3) is 0 Å². The number of ether oxygens (including phenoxy) is 2. The monoisotopic (exact) mass is 362 g/mol. The fourth-order valence-corrected chi connectivity index (χ4v) is 2.96. The van der Waals surface area contributed by atoms with Crippen LogP contribution in [0.1, 0.15) is 16.8 Å². The Morgan fingerprint density at radius 1 is 0.926 bits per heavy atom. The number of hydrogen-bond acceptors (Lipinski definition) is 6. The smallest absolute Gasteiger partial charge is 0.229 e. The minimum absolute atomic E-state index is 0.541. The maximum absolute atomic E-state index is 5.63. The third-order valence-corrected chi connectivity index (χ3v) is 4.37. The zero-order valence-corrected chi connectivity index (χ0v) is 15.5. The van der Waals surface area contributed by atoms with Crippen molar-refractivity contribution >= 4 is 17.5 Å². The summed E-state index contributed by atoms with van der Waals surface area (Å²) in [6.07, 6.45) is 0. The first kappa shape index (κ1) is 17.1. The van der Waals surface area contributed by atoms with E-state index in [0.717, 1.165) is 28.7 Å². The molecule has 3 aromatic rings. The van der Waals surface area contributed by atoms with Crippen molar-refractivity contribution in [2.45, 2.75) is 20.4 Å². The van der Waals surface area contributed by atoms with Gasteiger partial charge < -0.3 is 20.1 Å². The summed E-state index contributed by atoms with van der Waals surface area (Å²) in [5.41, 5.74) is 4.24. The van der Waals surface area contributed by atoms with E-state index in [0.29, 0.717) is 25.7 Å². The molecule has 27 heavy (non-hydrogen) atoms. The van der Waals surface area contributed by atoms with Gasteiger partial charge in [-0.25, -0.2) is 4.98 Å². The highest BCUT2D eigenvalue weighted by atomic mass is 16.6. The third-order valence-electron chi connectivity index (χ3n) is 4.37. The van der Waals surface area contributed by atoms with Crippen molar-refractivity contribution < 1.29 is 9.47 Å². The van der Waals surface area contributed by atoms with Crippen LogP contribution in [0.2, 0.25) is 0 Å². The van der Waals surface area contributed by atoms with E-state index in [9.17, 15) is 0 Å². The van der Waals surface area contributed by atoms with Crippen LogP contribution in [0.4, 0.5) is 17.5 Å². The Balaban J connectivity index is 1.50. The number of nitrogens with zero attached hydrogens (tertiary/aromatic N) is 2. The zero-order chi connectivity index (χ0) is 18.6. The van der Waals surface area contributed by atoms with Crippen molar-refractivity contribution in [3.05, 3.63) is 65.4 Å². The van der Waals surface area contributed by atoms with Crippen LogP contribution in [0.3, 0.4) is 0 Å². The second-order valence-electron chi connectivity index (χ2n) is 6.48. The molecule has 0 bridgehead atoms. The summed E-state index contributed by atoms with van der Waals surface area (Å²) in [5, 5.41) is 6.63. The van der Waals surface area contributed by atoms with Crippen LogP contribution in [0, 0.1) is 13.8 Å². The standard InChI is InChI=1S/C21H22N4O2/c1-14-5-3-4-6-16(14)13-22-20-11-15(2)23-21(25-20)24-17-7-8-18-19(12-17)27-10-9-26-18/h3-8,11-12H,9-10,13H2,1-2H3,(H2,22,23,24,25). The SMILES string of the molecule is Cc1cc(NCc2ccccc2C)nc(Nc2ccc3c(c2)OCCO3)n1. The maximum atomic E-state index is 5.63. The van der Waals surface area contributed by atoms with Crippen LogP contribution in [-0.2, 0) is 6.54 Å². The van der Waals surface area contributed by atoms with Crippen molar-refractivity contribution in [3.8, 4) is 11.5 Å². The van der Waals surface area contributed by atoms with Gasteiger partial charge in [0.2, 0.25) is 5.95 Å². The van der Waals surface area contributed by atoms with E-state index in [1.54, 1.807) is 0 Å². The summed E-state index contributed by atoms with van der Waals surface area (Å²) >= 11 is 0. The molecule has 0 spiro atoms. The third kappa shape index (κ3) is 4.11. The van der Waals surface area contributed by atoms with Gasteiger partial charge in [0, 0.05) is 30.1 Å². The van der Waals surface area contributed by atoms with Crippen molar-refractivity contribution in [1.82, 2.24) is 9.97 Å². The first-order chi connectivity index (χ1) is 13.2. The molecule has 1 aliphatic rings. The average molecular weight is 362 g/mol. The molecule has 2 N–H and O–H groups in total. The van der Waals surface area contributed by atoms with Crippen molar-refractivity contribution in [3.63, 3.8) is 0 Å². The molecule has 0 saturated heterocycles. The van der Waals surface area contributed by atoms with Crippen LogP contribution in [-0.4, -0.2) is 23.2 Å². The molecule has 2 aromatic carbocycles. The van der Waals surface area contributed by atoms with Crippen LogP contribution in [0.25, 0.3) is 0 Å². The Bertz CT molecular complexity index is 959. The molecule has 0 fully saturated rings. The second kappa shape index (κ2) is 7.53. The number of nitrogens with one attached hydrogen (secondary N) is 2. The predicted molar refractivity (Wildman–Crippen MR) is 106 cm³/mol. The van der Waals surface area contributed by atoms with E-state index in [-0.39, 0.29) is 0 Å². The number of hydrogen-bond donors (Lipinski definition) is 2. The minimum atomic E-state index is 0.541. The van der Waals surface area contributed by atoms with Gasteiger partial charge in [-0.1, -0.05) is 24.3 Å². The van der Waals surface area contributed by atoms with Gasteiger partial charge in [0.1, 0.15) is 19.0 Å². The van der Waals surface area contributed by atoms with E-state index in [1.807, 2.05) is 43.3 Å². The summed E-state index contributed by atoms with van der Waals surface area (Å²) in [6.45, 7) is 5.92. The number of anilines is 3. The Morgan fingerprint density at radius 3 is 2.59 bits per heavy atom. The van der Waals surface area contributed by atoms with Crippen molar-refractivity contribution in [1.29, 1.82) is 0 Å². The first-order valence-electron chi connectivity index (χ1n) is 8.98. The maximum Gasteiger partial charge on any atom is 0.229 e. The van der Waals surface area contributed by atoms with E-state index in [1.165, 1.54) is 11.1 Å². The topological polar surface area (TPSA) is 68.3 Å². The molecule has 4 rings (SSSR count). The summed E-state index contributed by atoms with van der Waals surface area (Å²) in [4.78, 5) is 9.06. The summed E-state index contributed by atoms with van der Waals surface area (Å²) in [6, 6.07) is 16.0. The summed E-state index contributed by atoms with van der Waals surface area (Å²) in [7, 11) is 0. The molecule has 138 valence electrons. The molecule has 6 nitrogen and oxygen atoms in total. The highest BCUT2D eigenvalue weighted by molar-refractivity contribution is 5.61. The van der Waals surface area contributed by atoms with Gasteiger partial charge >= 0.3 is 0 Å². The molecule has 1 aromatic heterocycles. The Labute approximate surface area is 158 Å². The van der Waals surface area contributed by atoms with Gasteiger partial charge in [0.15, 0.2) is 11.5 Å². The average Bonchev–Trinajstić information content (AvgIpc) is 2.67. The largest absolute Gasteiger partial charge is 0.486 e. The molecule has 1 aliphatic heterocycles. The lowest BCUT2D eigenvalue weighted by atomic mass is 10.1. The molecule has 0 atom stereocenters. The van der Waals surface area contributed by atoms with E-state index >= 15 is 0 Å². The van der Waals surface area contributed by atoms with E-state index < -0.39 is 0 Å². The lowest BCUT2D eigenvalue weighted by Crippen LogP contribution is -2.15. The minimum Gasteiger partial charge on any atom is -0.486 e. The predicted octanol–water partition coefficient (Wildman–Crippen LogP) is 4.22. The molecule has 0 saturated carbocycles. The van der Waals surface area contributed by atoms with E-state index in [4.69, 9.17) is 9.47 Å². The summed E-state index contributed by atoms with van der Waals surface area (Å²) in [5.74, 6) is 2.82. The molecular weight excluding hydrogens is 340 g/mol. The lowest BCUT2D eigenvalue weighted by molar-refractivity contribution is 0.171. The van der Waals surface area contributed by atoms with Crippen molar-refractivity contribution in [2.75, 3.05) is 23.8 Å². The first-order valence-corrected chi connectivity index (χ1v) is 8.98. The Kier molecular flexibility index (Phi) is 4.78. The van der Waals surface area contributed by atoms with Gasteiger partial charge in [-0.3, -0.25) is 0 Å². The summed E-state index contributed by atoms with van der Waals surface area (Å²) < 4.78 is 11.2. The number of rotatable bonds is 5. The highest BCUT2D eigenvalue weighted by Crippen LogP contribution is 2.33. The van der Waals surface area contributed by atoms with Crippen LogP contribution >= 0.6 is 0 Å². The van der Waals surface area contributed by atoms with Gasteiger partial charge in [0.05, 0.1) is 0 Å². The van der Waals surface area contributed by atoms with Gasteiger partial charge in [-0.2, -0.15) is 4.98 Å². The molecule has 0 aliphatic carbocycles. The number of aryl methyl sites for hydroxylation is 2. The van der Waals surface area contributed by atoms with Gasteiger partial charge in [-0.15, -0.1) is 0 Å². The Hall–Kier alpha value is -3.28. The molecule has 6 heteroatoms. The normalized spacial score (nSPS) is 12.5. The Morgan fingerprint density at radius 2 is 1.74 bits per heavy atom. The van der Waals surface area contributed by atoms with Gasteiger partial charge in [-0.05, 0) is 37.1 Å². The molecule has 0 amide bonds. The fourth-order valence-electron chi connectivity index (χ4n) is 2.96. The highest BCUT2D eigenvalue weighted by Gasteiger charge is 2.12. The number of aromatic nitrogens is 2. The second-order valence-corrected chi connectivity index (χ2v) is 6.48. The number of benzene rings is 2. The van der Waals surface area contributed by atoms with Crippen LogP contribution in [0.5, 0.6) is 11.5 Å².